The normalized spacial score (nSPS) is 25.9. The zero-order chi connectivity index (χ0) is 11.9. The molecule has 1 heterocycles. The van der Waals surface area contributed by atoms with E-state index in [0.717, 1.165) is 18.8 Å². The van der Waals surface area contributed by atoms with Crippen molar-refractivity contribution in [2.45, 2.75) is 64.7 Å². The van der Waals surface area contributed by atoms with E-state index in [2.05, 4.69) is 41.5 Å². The molecule has 0 amide bonds. The summed E-state index contributed by atoms with van der Waals surface area (Å²) < 4.78 is 0. The van der Waals surface area contributed by atoms with Crippen LogP contribution in [-0.2, 0) is 4.79 Å². The summed E-state index contributed by atoms with van der Waals surface area (Å²) in [5, 5.41) is 0.497. The second-order valence-electron chi connectivity index (χ2n) is 6.52. The molecule has 0 bridgehead atoms. The third kappa shape index (κ3) is 3.03. The first-order chi connectivity index (χ1) is 6.65. The number of carbonyl (C=O) groups excluding carboxylic acids is 1. The topological polar surface area (TPSA) is 17.1 Å². The van der Waals surface area contributed by atoms with Gasteiger partial charge in [0.25, 0.3) is 0 Å². The van der Waals surface area contributed by atoms with Crippen LogP contribution in [0, 0.1) is 5.92 Å². The first-order valence-electron chi connectivity index (χ1n) is 5.94. The van der Waals surface area contributed by atoms with Gasteiger partial charge < -0.3 is 0 Å². The quantitative estimate of drug-likeness (QED) is 0.652. The number of Topliss-reactive ketones (excluding diaryl/α,β-unsaturated/α-hetero) is 1. The molecule has 1 nitrogen and oxygen atoms in total. The van der Waals surface area contributed by atoms with Gasteiger partial charge in [0, 0.05) is 12.8 Å². The van der Waals surface area contributed by atoms with Crippen LogP contribution < -0.4 is 0 Å². The van der Waals surface area contributed by atoms with Crippen LogP contribution in [0.5, 0.6) is 0 Å². The van der Waals surface area contributed by atoms with Gasteiger partial charge in [0.2, 0.25) is 0 Å². The van der Waals surface area contributed by atoms with E-state index in [1.54, 1.807) is 0 Å². The highest BCUT2D eigenvalue weighted by Crippen LogP contribution is 2.65. The van der Waals surface area contributed by atoms with Crippen molar-refractivity contribution in [3.63, 3.8) is 0 Å². The van der Waals surface area contributed by atoms with E-state index in [9.17, 15) is 4.79 Å². The molecular formula is C13H25OP. The maximum Gasteiger partial charge on any atom is 0.134 e. The summed E-state index contributed by atoms with van der Waals surface area (Å²) in [5.74, 6) is 1.22. The van der Waals surface area contributed by atoms with Crippen LogP contribution in [0.1, 0.15) is 54.4 Å². The first-order valence-corrected chi connectivity index (χ1v) is 7.47. The highest BCUT2D eigenvalue weighted by atomic mass is 31.1. The number of hydrogen-bond donors (Lipinski definition) is 0. The lowest BCUT2D eigenvalue weighted by molar-refractivity contribution is -0.120. The van der Waals surface area contributed by atoms with Crippen LogP contribution in [0.3, 0.4) is 0 Å². The van der Waals surface area contributed by atoms with Crippen molar-refractivity contribution in [2.75, 3.05) is 6.16 Å². The van der Waals surface area contributed by atoms with Gasteiger partial charge in [-0.05, 0) is 22.4 Å². The Kier molecular flexibility index (Phi) is 3.66. The van der Waals surface area contributed by atoms with Gasteiger partial charge in [0.05, 0.1) is 0 Å². The molecule has 2 heteroatoms. The summed E-state index contributed by atoms with van der Waals surface area (Å²) in [6.45, 7) is 13.8. The highest BCUT2D eigenvalue weighted by molar-refractivity contribution is 7.61. The second-order valence-corrected chi connectivity index (χ2v) is 10.2. The number of carbonyl (C=O) groups is 1. The van der Waals surface area contributed by atoms with Gasteiger partial charge >= 0.3 is 0 Å². The van der Waals surface area contributed by atoms with E-state index in [1.165, 1.54) is 6.16 Å². The smallest absolute Gasteiger partial charge is 0.134 e. The zero-order valence-corrected chi connectivity index (χ0v) is 11.9. The van der Waals surface area contributed by atoms with Crippen LogP contribution in [0.4, 0.5) is 0 Å². The van der Waals surface area contributed by atoms with Gasteiger partial charge in [0.1, 0.15) is 5.78 Å². The molecule has 1 aliphatic heterocycles. The predicted octanol–water partition coefficient (Wildman–Crippen LogP) is 4.04. The molecule has 15 heavy (non-hydrogen) atoms. The molecule has 0 aromatic carbocycles. The average molecular weight is 228 g/mol. The molecule has 0 aromatic heterocycles. The Labute approximate surface area is 95.8 Å². The number of hydrogen-bond acceptors (Lipinski definition) is 1. The summed E-state index contributed by atoms with van der Waals surface area (Å²) in [6, 6.07) is 0. The van der Waals surface area contributed by atoms with Gasteiger partial charge in [0.15, 0.2) is 0 Å². The van der Waals surface area contributed by atoms with E-state index in [4.69, 9.17) is 0 Å². The molecule has 88 valence electrons. The molecule has 0 unspecified atom stereocenters. The average Bonchev–Trinajstić information content (AvgIpc) is 1.94. The van der Waals surface area contributed by atoms with Gasteiger partial charge in [-0.2, -0.15) is 0 Å². The maximum atomic E-state index is 11.7. The van der Waals surface area contributed by atoms with Crippen LogP contribution in [0.15, 0.2) is 0 Å². The molecule has 0 atom stereocenters. The Bertz CT molecular complexity index is 233. The largest absolute Gasteiger partial charge is 0.300 e. The lowest BCUT2D eigenvalue weighted by atomic mass is 9.96. The van der Waals surface area contributed by atoms with Gasteiger partial charge in [-0.25, -0.2) is 0 Å². The minimum absolute atomic E-state index is 0.0452. The standard InChI is InChI=1S/C13H25OP/c1-10(2)9-15-12(3,4)7-11(14)8-13(15,5)6/h10H,7-9H2,1-6H3. The van der Waals surface area contributed by atoms with Crippen LogP contribution in [-0.4, -0.2) is 22.3 Å². The molecule has 1 aliphatic rings. The van der Waals surface area contributed by atoms with E-state index in [0.29, 0.717) is 5.78 Å². The highest BCUT2D eigenvalue weighted by Gasteiger charge is 2.46. The third-order valence-corrected chi connectivity index (χ3v) is 7.60. The molecule has 0 aromatic rings. The fourth-order valence-electron chi connectivity index (χ4n) is 2.90. The van der Waals surface area contributed by atoms with Crippen LogP contribution in [0.2, 0.25) is 0 Å². The summed E-state index contributed by atoms with van der Waals surface area (Å²) in [6.07, 6.45) is 2.91. The zero-order valence-electron chi connectivity index (χ0n) is 11.1. The molecule has 0 N–H and O–H groups in total. The van der Waals surface area contributed by atoms with Crippen molar-refractivity contribution >= 4 is 13.7 Å². The second kappa shape index (κ2) is 4.17. The van der Waals surface area contributed by atoms with E-state index in [-0.39, 0.29) is 18.2 Å². The molecule has 0 saturated carbocycles. The summed E-state index contributed by atoms with van der Waals surface area (Å²) in [5.41, 5.74) is 0. The molecule has 0 spiro atoms. The van der Waals surface area contributed by atoms with E-state index < -0.39 is 0 Å². The Morgan fingerprint density at radius 2 is 1.53 bits per heavy atom. The fourth-order valence-corrected chi connectivity index (χ4v) is 6.99. The van der Waals surface area contributed by atoms with Gasteiger partial charge in [-0.1, -0.05) is 49.5 Å². The van der Waals surface area contributed by atoms with Crippen LogP contribution >= 0.6 is 7.92 Å². The summed E-state index contributed by atoms with van der Waals surface area (Å²) in [4.78, 5) is 11.7. The van der Waals surface area contributed by atoms with Crippen molar-refractivity contribution in [1.82, 2.24) is 0 Å². The predicted molar refractivity (Wildman–Crippen MR) is 69.0 cm³/mol. The van der Waals surface area contributed by atoms with Gasteiger partial charge in [-0.3, -0.25) is 4.79 Å². The molecule has 1 rings (SSSR count). The molecular weight excluding hydrogens is 203 g/mol. The van der Waals surface area contributed by atoms with E-state index in [1.807, 2.05) is 0 Å². The number of ketones is 1. The Morgan fingerprint density at radius 3 is 1.87 bits per heavy atom. The van der Waals surface area contributed by atoms with Crippen LogP contribution in [0.25, 0.3) is 0 Å². The first kappa shape index (κ1) is 13.2. The SMILES string of the molecule is CC(C)CP1C(C)(C)CC(=O)CC1(C)C. The molecule has 0 aliphatic carbocycles. The fraction of sp³-hybridized carbons (Fsp3) is 0.923. The Balaban J connectivity index is 2.92. The lowest BCUT2D eigenvalue weighted by Crippen LogP contribution is -2.41. The summed E-state index contributed by atoms with van der Waals surface area (Å²) in [7, 11) is -0.0452. The minimum Gasteiger partial charge on any atom is -0.300 e. The monoisotopic (exact) mass is 228 g/mol. The van der Waals surface area contributed by atoms with Crippen molar-refractivity contribution in [3.8, 4) is 0 Å². The molecule has 0 radical (unpaired) electrons. The van der Waals surface area contributed by atoms with E-state index >= 15 is 0 Å². The maximum absolute atomic E-state index is 11.7. The summed E-state index contributed by atoms with van der Waals surface area (Å²) >= 11 is 0. The van der Waals surface area contributed by atoms with Crippen molar-refractivity contribution in [2.24, 2.45) is 5.92 Å². The molecule has 1 saturated heterocycles. The Hall–Kier alpha value is 0.100. The number of rotatable bonds is 2. The molecule has 1 fully saturated rings. The van der Waals surface area contributed by atoms with Crippen molar-refractivity contribution < 1.29 is 4.79 Å². The Morgan fingerprint density at radius 1 is 1.13 bits per heavy atom. The minimum atomic E-state index is -0.0452. The third-order valence-electron chi connectivity index (χ3n) is 3.27. The lowest BCUT2D eigenvalue weighted by Gasteiger charge is -2.49. The van der Waals surface area contributed by atoms with Gasteiger partial charge in [-0.15, -0.1) is 0 Å². The van der Waals surface area contributed by atoms with Crippen molar-refractivity contribution in [3.05, 3.63) is 0 Å². The van der Waals surface area contributed by atoms with Crippen molar-refractivity contribution in [1.29, 1.82) is 0 Å².